The van der Waals surface area contributed by atoms with Gasteiger partial charge < -0.3 is 14.2 Å². The van der Waals surface area contributed by atoms with Gasteiger partial charge in [0, 0.05) is 50.1 Å². The molecule has 5 rings (SSSR count). The lowest BCUT2D eigenvalue weighted by molar-refractivity contribution is -0.134. The topological polar surface area (TPSA) is 66.9 Å². The summed E-state index contributed by atoms with van der Waals surface area (Å²) in [7, 11) is 0. The summed E-state index contributed by atoms with van der Waals surface area (Å²) < 4.78 is 21.1. The quantitative estimate of drug-likeness (QED) is 0.625. The first-order chi connectivity index (χ1) is 15.5. The molecule has 0 N–H and O–H groups in total. The Morgan fingerprint density at radius 2 is 1.84 bits per heavy atom. The minimum absolute atomic E-state index is 0.0330. The van der Waals surface area contributed by atoms with Crippen LogP contribution >= 0.6 is 0 Å². The Kier molecular flexibility index (Phi) is 5.28. The van der Waals surface area contributed by atoms with Crippen molar-refractivity contribution >= 4 is 23.1 Å². The summed E-state index contributed by atoms with van der Waals surface area (Å²) in [5.41, 5.74) is 1.74. The zero-order valence-corrected chi connectivity index (χ0v) is 18.2. The number of piperazine rings is 1. The van der Waals surface area contributed by atoms with Crippen molar-refractivity contribution < 1.29 is 13.6 Å². The smallest absolute Gasteiger partial charge is 0.234 e. The van der Waals surface area contributed by atoms with Crippen LogP contribution in [0.25, 0.3) is 0 Å². The summed E-state index contributed by atoms with van der Waals surface area (Å²) in [6.45, 7) is 6.52. The van der Waals surface area contributed by atoms with Crippen molar-refractivity contribution in [2.45, 2.75) is 26.3 Å². The second kappa shape index (κ2) is 8.26. The van der Waals surface area contributed by atoms with Crippen LogP contribution in [-0.2, 0) is 11.2 Å². The Balaban J connectivity index is 1.38. The molecule has 2 aliphatic heterocycles. The molecule has 4 heterocycles. The average molecular weight is 436 g/mol. The Bertz CT molecular complexity index is 1140. The number of anilines is 1. The molecule has 7 nitrogen and oxygen atoms in total. The molecule has 2 aliphatic rings. The van der Waals surface area contributed by atoms with Crippen molar-refractivity contribution in [1.29, 1.82) is 0 Å². The van der Waals surface area contributed by atoms with Gasteiger partial charge in [0.25, 0.3) is 0 Å². The lowest BCUT2D eigenvalue weighted by Gasteiger charge is -2.39. The fourth-order valence-corrected chi connectivity index (χ4v) is 4.61. The highest BCUT2D eigenvalue weighted by Gasteiger charge is 2.42. The fourth-order valence-electron chi connectivity index (χ4n) is 4.61. The van der Waals surface area contributed by atoms with E-state index in [4.69, 9.17) is 4.42 Å². The third-order valence-electron chi connectivity index (χ3n) is 6.34. The van der Waals surface area contributed by atoms with Crippen LogP contribution < -0.4 is 4.90 Å². The number of rotatable bonds is 4. The maximum atomic E-state index is 13.7. The van der Waals surface area contributed by atoms with Crippen molar-refractivity contribution in [2.24, 2.45) is 10.9 Å². The molecule has 2 aromatic heterocycles. The molecule has 1 saturated heterocycles. The number of amides is 1. The molecule has 3 aromatic rings. The summed E-state index contributed by atoms with van der Waals surface area (Å²) in [6, 6.07) is 11.9. The van der Waals surface area contributed by atoms with Crippen LogP contribution in [0, 0.1) is 11.7 Å². The van der Waals surface area contributed by atoms with Crippen LogP contribution in [0.5, 0.6) is 0 Å². The Morgan fingerprint density at radius 1 is 1.09 bits per heavy atom. The molecule has 8 heteroatoms. The molecule has 1 fully saturated rings. The molecule has 0 saturated carbocycles. The van der Waals surface area contributed by atoms with Crippen molar-refractivity contribution in [3.05, 3.63) is 66.0 Å². The standard InChI is InChI=1S/C24H26FN5O2/c1-3-19-8-9-20(32-19)23-22(16(2)27-21-10-11-26-30(21)23)24(31)29-14-12-28(13-15-29)18-6-4-17(25)5-7-18/h4-11,22-23H,3,12-15H2,1-2H3. The van der Waals surface area contributed by atoms with E-state index in [-0.39, 0.29) is 17.8 Å². The van der Waals surface area contributed by atoms with Crippen LogP contribution in [-0.4, -0.2) is 52.5 Å². The van der Waals surface area contributed by atoms with Gasteiger partial charge in [-0.2, -0.15) is 5.10 Å². The van der Waals surface area contributed by atoms with Crippen LogP contribution in [0.15, 0.2) is 58.1 Å². The highest BCUT2D eigenvalue weighted by Crippen LogP contribution is 2.38. The van der Waals surface area contributed by atoms with E-state index >= 15 is 0 Å². The van der Waals surface area contributed by atoms with Crippen molar-refractivity contribution in [1.82, 2.24) is 14.7 Å². The second-order valence-electron chi connectivity index (χ2n) is 8.26. The molecule has 0 radical (unpaired) electrons. The number of aryl methyl sites for hydroxylation is 1. The Morgan fingerprint density at radius 3 is 2.53 bits per heavy atom. The number of benzene rings is 1. The molecule has 1 amide bonds. The predicted octanol–water partition coefficient (Wildman–Crippen LogP) is 3.84. The minimum Gasteiger partial charge on any atom is -0.464 e. The Labute approximate surface area is 186 Å². The van der Waals surface area contributed by atoms with E-state index < -0.39 is 5.92 Å². The number of carbonyl (C=O) groups is 1. The molecule has 2 atom stereocenters. The summed E-state index contributed by atoms with van der Waals surface area (Å²) >= 11 is 0. The van der Waals surface area contributed by atoms with Crippen LogP contribution in [0.1, 0.15) is 31.4 Å². The molecule has 0 bridgehead atoms. The van der Waals surface area contributed by atoms with Gasteiger partial charge >= 0.3 is 0 Å². The van der Waals surface area contributed by atoms with Crippen molar-refractivity contribution in [3.8, 4) is 0 Å². The van der Waals surface area contributed by atoms with E-state index in [1.807, 2.05) is 36.9 Å². The van der Waals surface area contributed by atoms with E-state index in [2.05, 4.69) is 15.0 Å². The molecule has 2 unspecified atom stereocenters. The van der Waals surface area contributed by atoms with E-state index in [9.17, 15) is 9.18 Å². The van der Waals surface area contributed by atoms with Gasteiger partial charge in [-0.15, -0.1) is 0 Å². The lowest BCUT2D eigenvalue weighted by Crippen LogP contribution is -2.53. The zero-order valence-electron chi connectivity index (χ0n) is 18.2. The van der Waals surface area contributed by atoms with Gasteiger partial charge in [-0.1, -0.05) is 6.92 Å². The Hall–Kier alpha value is -3.42. The molecular weight excluding hydrogens is 409 g/mol. The molecule has 0 aliphatic carbocycles. The summed E-state index contributed by atoms with van der Waals surface area (Å²) in [4.78, 5) is 22.5. The second-order valence-corrected chi connectivity index (χ2v) is 8.26. The summed E-state index contributed by atoms with van der Waals surface area (Å²) in [6.07, 6.45) is 2.49. The van der Waals surface area contributed by atoms with Crippen LogP contribution in [0.3, 0.4) is 0 Å². The summed E-state index contributed by atoms with van der Waals surface area (Å²) in [5, 5.41) is 4.46. The van der Waals surface area contributed by atoms with E-state index in [1.54, 1.807) is 23.0 Å². The number of aliphatic imine (C=N–C) groups is 1. The van der Waals surface area contributed by atoms with Crippen molar-refractivity contribution in [3.63, 3.8) is 0 Å². The van der Waals surface area contributed by atoms with Gasteiger partial charge in [0.1, 0.15) is 29.3 Å². The third-order valence-corrected chi connectivity index (χ3v) is 6.34. The van der Waals surface area contributed by atoms with E-state index in [0.717, 1.165) is 35.2 Å². The van der Waals surface area contributed by atoms with E-state index in [1.165, 1.54) is 12.1 Å². The average Bonchev–Trinajstić information content (AvgIpc) is 3.48. The van der Waals surface area contributed by atoms with Gasteiger partial charge in [-0.05, 0) is 43.3 Å². The fraction of sp³-hybridized carbons (Fsp3) is 0.375. The monoisotopic (exact) mass is 435 g/mol. The van der Waals surface area contributed by atoms with Gasteiger partial charge in [0.15, 0.2) is 5.82 Å². The number of nitrogens with zero attached hydrogens (tertiary/aromatic N) is 5. The van der Waals surface area contributed by atoms with Gasteiger partial charge in [-0.3, -0.25) is 4.79 Å². The lowest BCUT2D eigenvalue weighted by atomic mass is 9.90. The normalized spacial score (nSPS) is 20.8. The SMILES string of the molecule is CCc1ccc(C2C(C(=O)N3CCN(c4ccc(F)cc4)CC3)C(C)=Nc3ccnn32)o1. The first-order valence-corrected chi connectivity index (χ1v) is 11.0. The number of furan rings is 1. The predicted molar refractivity (Wildman–Crippen MR) is 120 cm³/mol. The number of halogens is 1. The van der Waals surface area contributed by atoms with Crippen LogP contribution in [0.2, 0.25) is 0 Å². The van der Waals surface area contributed by atoms with Gasteiger partial charge in [-0.25, -0.2) is 14.1 Å². The van der Waals surface area contributed by atoms with Gasteiger partial charge in [0.2, 0.25) is 5.91 Å². The van der Waals surface area contributed by atoms with E-state index in [0.29, 0.717) is 26.2 Å². The highest BCUT2D eigenvalue weighted by molar-refractivity contribution is 6.05. The van der Waals surface area contributed by atoms with Crippen LogP contribution in [0.4, 0.5) is 15.9 Å². The number of aromatic nitrogens is 2. The molecule has 166 valence electrons. The largest absolute Gasteiger partial charge is 0.464 e. The highest BCUT2D eigenvalue weighted by atomic mass is 19.1. The maximum absolute atomic E-state index is 13.7. The molecule has 32 heavy (non-hydrogen) atoms. The number of hydrogen-bond donors (Lipinski definition) is 0. The first-order valence-electron chi connectivity index (χ1n) is 11.0. The van der Waals surface area contributed by atoms with Gasteiger partial charge in [0.05, 0.1) is 6.20 Å². The maximum Gasteiger partial charge on any atom is 0.234 e. The molecule has 1 aromatic carbocycles. The summed E-state index contributed by atoms with van der Waals surface area (Å²) in [5.74, 6) is 1.65. The molecule has 0 spiro atoms. The third kappa shape index (κ3) is 3.59. The number of carbonyl (C=O) groups excluding carboxylic acids is 1. The molecular formula is C24H26FN5O2. The number of hydrogen-bond acceptors (Lipinski definition) is 5. The van der Waals surface area contributed by atoms with Crippen molar-refractivity contribution in [2.75, 3.05) is 31.1 Å². The number of fused-ring (bicyclic) bond motifs is 1. The first kappa shape index (κ1) is 20.5. The zero-order chi connectivity index (χ0) is 22.2. The minimum atomic E-state index is -0.476.